The largest absolute Gasteiger partial charge is 0.389 e. The van der Waals surface area contributed by atoms with Crippen LogP contribution in [0, 0.1) is 5.92 Å². The predicted molar refractivity (Wildman–Crippen MR) is 145 cm³/mol. The second kappa shape index (κ2) is 11.3. The fourth-order valence-corrected chi connectivity index (χ4v) is 4.61. The molecular weight excluding hydrogens is 460 g/mol. The molecule has 0 radical (unpaired) electrons. The third kappa shape index (κ3) is 5.99. The molecule has 6 N–H and O–H groups in total. The number of rotatable bonds is 10. The van der Waals surface area contributed by atoms with E-state index in [4.69, 9.17) is 11.6 Å². The van der Waals surface area contributed by atoms with Crippen molar-refractivity contribution in [2.75, 3.05) is 10.6 Å². The number of para-hydroxylation sites is 1. The Kier molecular flexibility index (Phi) is 8.00. The van der Waals surface area contributed by atoms with Gasteiger partial charge >= 0.3 is 0 Å². The van der Waals surface area contributed by atoms with Crippen LogP contribution in [0.3, 0.4) is 0 Å². The normalized spacial score (nSPS) is 19.2. The Balaban J connectivity index is 1.40. The number of hydrogen-bond acceptors (Lipinski definition) is 5. The number of H-pyrrole nitrogens is 1. The monoisotopic (exact) mass is 492 g/mol. The number of aromatic amines is 1. The molecule has 1 amide bonds. The highest BCUT2D eigenvalue weighted by atomic mass is 35.5. The fourth-order valence-electron chi connectivity index (χ4n) is 4.37. The van der Waals surface area contributed by atoms with Gasteiger partial charge in [-0.25, -0.2) is 0 Å². The summed E-state index contributed by atoms with van der Waals surface area (Å²) in [7, 11) is 0. The smallest absolute Gasteiger partial charge is 0.227 e. The summed E-state index contributed by atoms with van der Waals surface area (Å²) in [6.45, 7) is 7.76. The van der Waals surface area contributed by atoms with Gasteiger partial charge in [0.15, 0.2) is 6.29 Å². The zero-order valence-electron chi connectivity index (χ0n) is 20.1. The molecule has 0 bridgehead atoms. The first-order chi connectivity index (χ1) is 17.0. The number of fused-ring (bicyclic) bond motifs is 1. The van der Waals surface area contributed by atoms with Crippen LogP contribution in [-0.4, -0.2) is 23.2 Å². The van der Waals surface area contributed by atoms with E-state index in [1.807, 2.05) is 61.8 Å². The maximum atomic E-state index is 12.8. The lowest BCUT2D eigenvalue weighted by molar-refractivity contribution is -0.119. The van der Waals surface area contributed by atoms with Crippen molar-refractivity contribution in [2.45, 2.75) is 45.1 Å². The van der Waals surface area contributed by atoms with Crippen molar-refractivity contribution in [1.82, 2.24) is 20.9 Å². The first kappa shape index (κ1) is 24.7. The summed E-state index contributed by atoms with van der Waals surface area (Å²) in [5.74, 6) is -0.135. The number of anilines is 2. The molecule has 0 saturated carbocycles. The molecule has 0 spiro atoms. The van der Waals surface area contributed by atoms with Gasteiger partial charge in [0.05, 0.1) is 11.1 Å². The van der Waals surface area contributed by atoms with Crippen molar-refractivity contribution in [3.63, 3.8) is 0 Å². The average molecular weight is 493 g/mol. The fraction of sp³-hybridized carbons (Fsp3) is 0.296. The second-order valence-corrected chi connectivity index (χ2v) is 9.28. The summed E-state index contributed by atoms with van der Waals surface area (Å²) in [5, 5.41) is 18.3. The lowest BCUT2D eigenvalue weighted by atomic mass is 9.99. The Morgan fingerprint density at radius 2 is 2.00 bits per heavy atom. The highest BCUT2D eigenvalue weighted by Gasteiger charge is 2.26. The van der Waals surface area contributed by atoms with E-state index in [0.29, 0.717) is 5.03 Å². The molecule has 3 aromatic rings. The highest BCUT2D eigenvalue weighted by molar-refractivity contribution is 6.30. The van der Waals surface area contributed by atoms with Crippen molar-refractivity contribution in [2.24, 2.45) is 5.92 Å². The van der Waals surface area contributed by atoms with Crippen LogP contribution in [0.2, 0.25) is 0 Å². The van der Waals surface area contributed by atoms with Crippen molar-refractivity contribution >= 4 is 39.8 Å². The van der Waals surface area contributed by atoms with Gasteiger partial charge in [-0.1, -0.05) is 56.3 Å². The van der Waals surface area contributed by atoms with Crippen LogP contribution in [0.15, 0.2) is 78.7 Å². The molecule has 35 heavy (non-hydrogen) atoms. The van der Waals surface area contributed by atoms with E-state index >= 15 is 0 Å². The summed E-state index contributed by atoms with van der Waals surface area (Å²) in [6, 6.07) is 15.9. The average Bonchev–Trinajstić information content (AvgIpc) is 3.29. The van der Waals surface area contributed by atoms with Gasteiger partial charge in [-0.2, -0.15) is 0 Å². The van der Waals surface area contributed by atoms with Gasteiger partial charge < -0.3 is 26.3 Å². The molecule has 7 nitrogen and oxygen atoms in total. The Bertz CT molecular complexity index is 1210. The summed E-state index contributed by atoms with van der Waals surface area (Å²) >= 11 is 6.56. The summed E-state index contributed by atoms with van der Waals surface area (Å²) in [4.78, 5) is 16.1. The Hall–Kier alpha value is -3.42. The van der Waals surface area contributed by atoms with Crippen molar-refractivity contribution in [3.8, 4) is 0 Å². The second-order valence-electron chi connectivity index (χ2n) is 8.85. The minimum absolute atomic E-state index is 0.00510. The van der Waals surface area contributed by atoms with Crippen LogP contribution < -0.4 is 26.6 Å². The number of carbonyl (C=O) groups excluding carboxylic acids is 1. The van der Waals surface area contributed by atoms with Gasteiger partial charge in [0.2, 0.25) is 5.91 Å². The molecule has 3 unspecified atom stereocenters. The van der Waals surface area contributed by atoms with Gasteiger partial charge in [-0.15, -0.1) is 0 Å². The molecule has 8 heteroatoms. The molecule has 4 rings (SSSR count). The molecule has 2 aromatic carbocycles. The van der Waals surface area contributed by atoms with E-state index < -0.39 is 0 Å². The van der Waals surface area contributed by atoms with Gasteiger partial charge in [0.1, 0.15) is 0 Å². The number of nitrogens with one attached hydrogen (secondary N) is 6. The summed E-state index contributed by atoms with van der Waals surface area (Å²) in [6.07, 6.45) is 6.92. The molecular formula is C27H33ClN6O. The highest BCUT2D eigenvalue weighted by Crippen LogP contribution is 2.32. The Morgan fingerprint density at radius 1 is 1.20 bits per heavy atom. The van der Waals surface area contributed by atoms with Crippen LogP contribution in [-0.2, 0) is 4.79 Å². The van der Waals surface area contributed by atoms with E-state index in [1.165, 1.54) is 0 Å². The number of aromatic nitrogens is 1. The quantitative estimate of drug-likeness (QED) is 0.229. The number of halogens is 1. The maximum Gasteiger partial charge on any atom is 0.227 e. The first-order valence-electron chi connectivity index (χ1n) is 12.0. The topological polar surface area (TPSA) is 93.0 Å². The van der Waals surface area contributed by atoms with Crippen LogP contribution in [0.25, 0.3) is 10.9 Å². The van der Waals surface area contributed by atoms with Crippen LogP contribution >= 0.6 is 11.6 Å². The lowest BCUT2D eigenvalue weighted by Crippen LogP contribution is -2.50. The molecule has 0 aliphatic carbocycles. The maximum absolute atomic E-state index is 12.8. The van der Waals surface area contributed by atoms with Crippen molar-refractivity contribution < 1.29 is 4.79 Å². The van der Waals surface area contributed by atoms with E-state index in [9.17, 15) is 4.79 Å². The van der Waals surface area contributed by atoms with E-state index in [2.05, 4.69) is 51.1 Å². The molecule has 2 heterocycles. The molecule has 4 atom stereocenters. The van der Waals surface area contributed by atoms with Gasteiger partial charge in [-0.05, 0) is 48.9 Å². The molecule has 1 aliphatic heterocycles. The standard InChI is InChI=1S/C27H33ClN6O/c1-4-18(29-5-2)13-17(3)26(35)32-19-9-8-10-20(14-19)33-27-31-16-23(28)25(34-27)22-15-30-24-12-7-6-11-21(22)24/h5-12,14-18,25,27,29-31,33-34H,2,4,13H2,1,3H3,(H,32,35)/t17?,18-,25?,27?/m0/s1. The summed E-state index contributed by atoms with van der Waals surface area (Å²) < 4.78 is 0. The third-order valence-corrected chi connectivity index (χ3v) is 6.63. The molecule has 0 saturated heterocycles. The minimum atomic E-state index is -0.253. The van der Waals surface area contributed by atoms with Gasteiger partial charge in [-0.3, -0.25) is 10.1 Å². The van der Waals surface area contributed by atoms with Crippen molar-refractivity contribution in [3.05, 3.63) is 84.3 Å². The Morgan fingerprint density at radius 3 is 2.80 bits per heavy atom. The molecule has 1 aromatic heterocycles. The zero-order valence-corrected chi connectivity index (χ0v) is 20.8. The van der Waals surface area contributed by atoms with Crippen LogP contribution in [0.5, 0.6) is 0 Å². The summed E-state index contributed by atoms with van der Waals surface area (Å²) in [5.41, 5.74) is 3.76. The molecule has 1 aliphatic rings. The predicted octanol–water partition coefficient (Wildman–Crippen LogP) is 5.35. The van der Waals surface area contributed by atoms with Gasteiger partial charge in [0, 0.05) is 46.6 Å². The van der Waals surface area contributed by atoms with E-state index in [1.54, 1.807) is 6.20 Å². The SMILES string of the molecule is C=CN[C@@H](CC)CC(C)C(=O)Nc1cccc(NC2NC=C(Cl)C(c3c[nH]c4ccccc34)N2)c1. The van der Waals surface area contributed by atoms with Crippen LogP contribution in [0.4, 0.5) is 11.4 Å². The number of benzene rings is 2. The third-order valence-electron chi connectivity index (χ3n) is 6.30. The van der Waals surface area contributed by atoms with Gasteiger partial charge in [0.25, 0.3) is 0 Å². The zero-order chi connectivity index (χ0) is 24.8. The minimum Gasteiger partial charge on any atom is -0.389 e. The number of carbonyl (C=O) groups is 1. The Labute approximate surface area is 211 Å². The van der Waals surface area contributed by atoms with E-state index in [0.717, 1.165) is 40.7 Å². The number of amides is 1. The van der Waals surface area contributed by atoms with Crippen molar-refractivity contribution in [1.29, 1.82) is 0 Å². The first-order valence-corrected chi connectivity index (χ1v) is 12.3. The van der Waals surface area contributed by atoms with Crippen LogP contribution in [0.1, 0.15) is 38.3 Å². The molecule has 0 fully saturated rings. The number of hydrogen-bond donors (Lipinski definition) is 6. The molecule has 184 valence electrons. The lowest BCUT2D eigenvalue weighted by Gasteiger charge is -2.31. The van der Waals surface area contributed by atoms with E-state index in [-0.39, 0.29) is 30.2 Å².